The average molecular weight is 227 g/mol. The molecule has 3 N–H and O–H groups in total. The molecule has 2 saturated carbocycles. The van der Waals surface area contributed by atoms with Gasteiger partial charge in [0.1, 0.15) is 0 Å². The molecule has 2 aliphatic carbocycles. The summed E-state index contributed by atoms with van der Waals surface area (Å²) in [6, 6.07) is 0.167. The third kappa shape index (κ3) is 2.09. The second-order valence-electron chi connectivity index (χ2n) is 5.31. The molecule has 0 aromatic carbocycles. The summed E-state index contributed by atoms with van der Waals surface area (Å²) >= 11 is 0. The molecule has 0 aromatic rings. The smallest absolute Gasteiger partial charge is 0.228 e. The zero-order valence-corrected chi connectivity index (χ0v) is 9.78. The quantitative estimate of drug-likeness (QED) is 0.637. The van der Waals surface area contributed by atoms with E-state index >= 15 is 0 Å². The molecule has 4 heteroatoms. The first-order valence-corrected chi connectivity index (χ1v) is 6.21. The van der Waals surface area contributed by atoms with E-state index in [1.807, 2.05) is 6.92 Å². The van der Waals surface area contributed by atoms with Crippen LogP contribution in [-0.4, -0.2) is 34.9 Å². The zero-order valence-electron chi connectivity index (χ0n) is 9.78. The SMILES string of the molecule is CCC(NC(=O)C1(CO)CC1)C1CC(O)C1. The van der Waals surface area contributed by atoms with Crippen molar-refractivity contribution < 1.29 is 15.0 Å². The predicted molar refractivity (Wildman–Crippen MR) is 59.7 cm³/mol. The summed E-state index contributed by atoms with van der Waals surface area (Å²) in [6.07, 6.45) is 3.92. The first-order chi connectivity index (χ1) is 7.61. The molecule has 2 fully saturated rings. The van der Waals surface area contributed by atoms with E-state index in [0.29, 0.717) is 5.92 Å². The number of nitrogens with one attached hydrogen (secondary N) is 1. The van der Waals surface area contributed by atoms with E-state index in [1.165, 1.54) is 0 Å². The Labute approximate surface area is 96.0 Å². The maximum Gasteiger partial charge on any atom is 0.228 e. The van der Waals surface area contributed by atoms with Crippen molar-refractivity contribution in [1.29, 1.82) is 0 Å². The maximum atomic E-state index is 11.9. The second kappa shape index (κ2) is 4.34. The molecule has 1 unspecified atom stereocenters. The van der Waals surface area contributed by atoms with Crippen LogP contribution in [0.15, 0.2) is 0 Å². The molecule has 2 rings (SSSR count). The maximum absolute atomic E-state index is 11.9. The van der Waals surface area contributed by atoms with Crippen molar-refractivity contribution in [3.63, 3.8) is 0 Å². The fraction of sp³-hybridized carbons (Fsp3) is 0.917. The van der Waals surface area contributed by atoms with Gasteiger partial charge >= 0.3 is 0 Å². The van der Waals surface area contributed by atoms with Crippen LogP contribution < -0.4 is 5.32 Å². The third-order valence-electron chi connectivity index (χ3n) is 4.11. The van der Waals surface area contributed by atoms with Crippen molar-refractivity contribution in [3.05, 3.63) is 0 Å². The summed E-state index contributed by atoms with van der Waals surface area (Å²) in [6.45, 7) is 2.01. The number of carbonyl (C=O) groups excluding carboxylic acids is 1. The van der Waals surface area contributed by atoms with Gasteiger partial charge in [-0.25, -0.2) is 0 Å². The highest BCUT2D eigenvalue weighted by Gasteiger charge is 2.50. The number of amides is 1. The molecule has 0 radical (unpaired) electrons. The lowest BCUT2D eigenvalue weighted by atomic mass is 9.76. The Balaban J connectivity index is 1.85. The Morgan fingerprint density at radius 2 is 2.12 bits per heavy atom. The molecule has 0 heterocycles. The van der Waals surface area contributed by atoms with Crippen LogP contribution in [0.25, 0.3) is 0 Å². The highest BCUT2D eigenvalue weighted by Crippen LogP contribution is 2.45. The molecule has 1 atom stereocenters. The van der Waals surface area contributed by atoms with Gasteiger partial charge in [0.2, 0.25) is 5.91 Å². The summed E-state index contributed by atoms with van der Waals surface area (Å²) in [5.41, 5.74) is -0.476. The molecule has 1 amide bonds. The van der Waals surface area contributed by atoms with Gasteiger partial charge in [-0.1, -0.05) is 6.92 Å². The van der Waals surface area contributed by atoms with Gasteiger partial charge in [-0.3, -0.25) is 4.79 Å². The fourth-order valence-electron chi connectivity index (χ4n) is 2.44. The zero-order chi connectivity index (χ0) is 11.8. The van der Waals surface area contributed by atoms with E-state index in [-0.39, 0.29) is 24.7 Å². The number of rotatable bonds is 5. The van der Waals surface area contributed by atoms with E-state index in [4.69, 9.17) is 5.11 Å². The van der Waals surface area contributed by atoms with E-state index < -0.39 is 5.41 Å². The minimum atomic E-state index is -0.476. The van der Waals surface area contributed by atoms with Crippen LogP contribution in [0.1, 0.15) is 39.0 Å². The Bertz CT molecular complexity index is 269. The Morgan fingerprint density at radius 1 is 1.50 bits per heavy atom. The third-order valence-corrected chi connectivity index (χ3v) is 4.11. The van der Waals surface area contributed by atoms with Crippen LogP contribution in [-0.2, 0) is 4.79 Å². The van der Waals surface area contributed by atoms with Gasteiger partial charge in [0, 0.05) is 6.04 Å². The summed E-state index contributed by atoms with van der Waals surface area (Å²) in [5, 5.41) is 21.5. The summed E-state index contributed by atoms with van der Waals surface area (Å²) in [5.74, 6) is 0.418. The molecule has 0 aliphatic heterocycles. The number of aliphatic hydroxyl groups excluding tert-OH is 2. The monoisotopic (exact) mass is 227 g/mol. The van der Waals surface area contributed by atoms with Gasteiger partial charge < -0.3 is 15.5 Å². The van der Waals surface area contributed by atoms with Gasteiger partial charge in [0.05, 0.1) is 18.1 Å². The first-order valence-electron chi connectivity index (χ1n) is 6.21. The molecule has 0 aromatic heterocycles. The lowest BCUT2D eigenvalue weighted by Gasteiger charge is -2.38. The Morgan fingerprint density at radius 3 is 2.50 bits per heavy atom. The Kier molecular flexibility index (Phi) is 3.22. The highest BCUT2D eigenvalue weighted by molar-refractivity contribution is 5.85. The second-order valence-corrected chi connectivity index (χ2v) is 5.31. The van der Waals surface area contributed by atoms with Crippen LogP contribution in [0.2, 0.25) is 0 Å². The number of aliphatic hydroxyl groups is 2. The van der Waals surface area contributed by atoms with Crippen molar-refractivity contribution in [2.24, 2.45) is 11.3 Å². The van der Waals surface area contributed by atoms with Crippen molar-refractivity contribution in [1.82, 2.24) is 5.32 Å². The topological polar surface area (TPSA) is 69.6 Å². The largest absolute Gasteiger partial charge is 0.395 e. The van der Waals surface area contributed by atoms with Crippen molar-refractivity contribution >= 4 is 5.91 Å². The van der Waals surface area contributed by atoms with Gasteiger partial charge in [-0.2, -0.15) is 0 Å². The minimum Gasteiger partial charge on any atom is -0.395 e. The number of carbonyl (C=O) groups is 1. The van der Waals surface area contributed by atoms with E-state index in [0.717, 1.165) is 32.1 Å². The van der Waals surface area contributed by atoms with Crippen LogP contribution in [0.4, 0.5) is 0 Å². The standard InChI is InChI=1S/C12H21NO3/c1-2-10(8-5-9(15)6-8)13-11(16)12(7-14)3-4-12/h8-10,14-15H,2-7H2,1H3,(H,13,16). The van der Waals surface area contributed by atoms with Crippen LogP contribution in [0, 0.1) is 11.3 Å². The van der Waals surface area contributed by atoms with E-state index in [1.54, 1.807) is 0 Å². The number of hydrogen-bond donors (Lipinski definition) is 3. The molecule has 92 valence electrons. The van der Waals surface area contributed by atoms with Gasteiger partial charge in [-0.15, -0.1) is 0 Å². The van der Waals surface area contributed by atoms with Gasteiger partial charge in [0.25, 0.3) is 0 Å². The van der Waals surface area contributed by atoms with E-state index in [9.17, 15) is 9.90 Å². The summed E-state index contributed by atoms with van der Waals surface area (Å²) in [7, 11) is 0. The molecule has 16 heavy (non-hydrogen) atoms. The average Bonchev–Trinajstić information content (AvgIpc) is 3.02. The molecule has 0 saturated heterocycles. The first kappa shape index (κ1) is 11.9. The molecular weight excluding hydrogens is 206 g/mol. The molecule has 0 spiro atoms. The van der Waals surface area contributed by atoms with Crippen LogP contribution >= 0.6 is 0 Å². The highest BCUT2D eigenvalue weighted by atomic mass is 16.3. The predicted octanol–water partition coefficient (Wildman–Crippen LogP) is 0.425. The number of hydrogen-bond acceptors (Lipinski definition) is 3. The van der Waals surface area contributed by atoms with Crippen LogP contribution in [0.3, 0.4) is 0 Å². The fourth-order valence-corrected chi connectivity index (χ4v) is 2.44. The van der Waals surface area contributed by atoms with Gasteiger partial charge in [0.15, 0.2) is 0 Å². The summed E-state index contributed by atoms with van der Waals surface area (Å²) in [4.78, 5) is 11.9. The van der Waals surface area contributed by atoms with Gasteiger partial charge in [-0.05, 0) is 38.0 Å². The molecule has 0 bridgehead atoms. The molecule has 2 aliphatic rings. The van der Waals surface area contributed by atoms with Crippen molar-refractivity contribution in [2.45, 2.75) is 51.2 Å². The summed E-state index contributed by atoms with van der Waals surface area (Å²) < 4.78 is 0. The Hall–Kier alpha value is -0.610. The minimum absolute atomic E-state index is 0.00300. The van der Waals surface area contributed by atoms with Crippen LogP contribution in [0.5, 0.6) is 0 Å². The van der Waals surface area contributed by atoms with Crippen molar-refractivity contribution in [3.8, 4) is 0 Å². The molecule has 4 nitrogen and oxygen atoms in total. The normalized spacial score (nSPS) is 32.7. The lowest BCUT2D eigenvalue weighted by Crippen LogP contribution is -2.49. The van der Waals surface area contributed by atoms with E-state index in [2.05, 4.69) is 5.32 Å². The molecular formula is C12H21NO3. The lowest BCUT2D eigenvalue weighted by molar-refractivity contribution is -0.129. The van der Waals surface area contributed by atoms with Crippen molar-refractivity contribution in [2.75, 3.05) is 6.61 Å².